The molecule has 2 aliphatic rings. The fraction of sp³-hybridized carbons (Fsp3) is 0.250. The van der Waals surface area contributed by atoms with E-state index in [0.29, 0.717) is 0 Å². The number of allylic oxidation sites excluding steroid dienone is 2. The van der Waals surface area contributed by atoms with Crippen molar-refractivity contribution in [2.24, 2.45) is 5.92 Å². The first-order valence-corrected chi connectivity index (χ1v) is 5.80. The molecule has 2 unspecified atom stereocenters. The summed E-state index contributed by atoms with van der Waals surface area (Å²) in [4.78, 5) is 22.8. The van der Waals surface area contributed by atoms with Gasteiger partial charge in [0.15, 0.2) is 0 Å². The van der Waals surface area contributed by atoms with E-state index in [-0.39, 0.29) is 17.7 Å². The van der Waals surface area contributed by atoms with Gasteiger partial charge in [0, 0.05) is 3.58 Å². The molecule has 0 aromatic rings. The lowest BCUT2D eigenvalue weighted by Gasteiger charge is -2.21. The number of carbonyl (C=O) groups is 2. The number of carbonyl (C=O) groups excluding carboxylic acids is 2. The van der Waals surface area contributed by atoms with E-state index >= 15 is 0 Å². The van der Waals surface area contributed by atoms with Gasteiger partial charge in [-0.05, 0) is 22.6 Å². The van der Waals surface area contributed by atoms with Crippen LogP contribution in [0.4, 0.5) is 0 Å². The van der Waals surface area contributed by atoms with E-state index in [1.54, 1.807) is 6.08 Å². The molecule has 1 N–H and O–H groups in total. The van der Waals surface area contributed by atoms with E-state index in [1.165, 1.54) is 0 Å². The lowest BCUT2D eigenvalue weighted by atomic mass is 9.91. The summed E-state index contributed by atoms with van der Waals surface area (Å²) < 4.78 is 0.309. The number of fused-ring (bicyclic) bond motifs is 1. The Balaban J connectivity index is 2.49. The molecule has 2 amide bonds. The van der Waals surface area contributed by atoms with Crippen molar-refractivity contribution in [3.8, 4) is 0 Å². The van der Waals surface area contributed by atoms with Crippen LogP contribution in [0.25, 0.3) is 0 Å². The van der Waals surface area contributed by atoms with E-state index < -0.39 is 3.42 Å². The molecule has 0 bridgehead atoms. The van der Waals surface area contributed by atoms with Gasteiger partial charge in [-0.15, -0.1) is 0 Å². The summed E-state index contributed by atoms with van der Waals surface area (Å²) in [5.74, 6) is -0.741. The first-order valence-electron chi connectivity index (χ1n) is 3.65. The molecule has 0 aromatic heterocycles. The van der Waals surface area contributed by atoms with Crippen molar-refractivity contribution in [3.05, 3.63) is 21.8 Å². The zero-order valence-corrected chi connectivity index (χ0v) is 10.7. The minimum Gasteiger partial charge on any atom is -0.294 e. The van der Waals surface area contributed by atoms with Crippen LogP contribution in [0.15, 0.2) is 21.8 Å². The quantitative estimate of drug-likeness (QED) is 0.379. The fourth-order valence-corrected chi connectivity index (χ4v) is 2.73. The van der Waals surface area contributed by atoms with E-state index in [4.69, 9.17) is 0 Å². The molecule has 3 nitrogen and oxygen atoms in total. The average molecular weight is 401 g/mol. The van der Waals surface area contributed by atoms with Gasteiger partial charge in [0.25, 0.3) is 0 Å². The van der Waals surface area contributed by atoms with Gasteiger partial charge < -0.3 is 0 Å². The fourth-order valence-electron chi connectivity index (χ4n) is 1.41. The number of amides is 2. The molecule has 1 fully saturated rings. The molecular formula is C8H5I2NO2. The molecule has 1 aliphatic carbocycles. The third kappa shape index (κ3) is 1.36. The maximum absolute atomic E-state index is 11.4. The summed E-state index contributed by atoms with van der Waals surface area (Å²) in [5, 5.41) is 2.34. The molecule has 2 atom stereocenters. The van der Waals surface area contributed by atoms with E-state index in [1.807, 2.05) is 34.7 Å². The number of halogens is 2. The van der Waals surface area contributed by atoms with Crippen LogP contribution in [0.2, 0.25) is 0 Å². The first-order chi connectivity index (χ1) is 6.04. The Kier molecular flexibility index (Phi) is 2.25. The minimum absolute atomic E-state index is 0.196. The van der Waals surface area contributed by atoms with Crippen molar-refractivity contribution in [1.82, 2.24) is 5.32 Å². The third-order valence-electron chi connectivity index (χ3n) is 2.13. The largest absolute Gasteiger partial charge is 0.294 e. The van der Waals surface area contributed by atoms with Crippen LogP contribution in [0.3, 0.4) is 0 Å². The van der Waals surface area contributed by atoms with Gasteiger partial charge in [-0.1, -0.05) is 40.8 Å². The van der Waals surface area contributed by atoms with E-state index in [0.717, 1.165) is 3.58 Å². The number of nitrogens with one attached hydrogen (secondary N) is 1. The van der Waals surface area contributed by atoms with Crippen LogP contribution < -0.4 is 5.32 Å². The molecular weight excluding hydrogens is 396 g/mol. The Hall–Kier alpha value is 0.0800. The Morgan fingerprint density at radius 1 is 1.46 bits per heavy atom. The minimum atomic E-state index is -0.691. The first kappa shape index (κ1) is 9.63. The van der Waals surface area contributed by atoms with E-state index in [2.05, 4.69) is 27.9 Å². The van der Waals surface area contributed by atoms with Crippen LogP contribution in [-0.2, 0) is 9.59 Å². The number of hydrogen-bond acceptors (Lipinski definition) is 2. The normalized spacial score (nSPS) is 37.1. The maximum Gasteiger partial charge on any atom is 0.247 e. The Bertz CT molecular complexity index is 361. The van der Waals surface area contributed by atoms with Crippen molar-refractivity contribution < 1.29 is 9.59 Å². The molecule has 0 radical (unpaired) electrons. The van der Waals surface area contributed by atoms with Gasteiger partial charge in [-0.2, -0.15) is 0 Å². The highest BCUT2D eigenvalue weighted by molar-refractivity contribution is 14.1. The second-order valence-corrected chi connectivity index (χ2v) is 5.98. The van der Waals surface area contributed by atoms with Crippen LogP contribution in [0.5, 0.6) is 0 Å². The second kappa shape index (κ2) is 3.04. The molecule has 1 heterocycles. The standard InChI is InChI=1S/C8H5I2NO2/c9-4-1-2-8(10)5(3-4)6(12)11-7(8)13/h1-3,5H,(H,11,12,13). The zero-order valence-electron chi connectivity index (χ0n) is 6.38. The summed E-state index contributed by atoms with van der Waals surface area (Å²) in [6.07, 6.45) is 5.48. The molecule has 0 spiro atoms. The highest BCUT2D eigenvalue weighted by Crippen LogP contribution is 2.40. The van der Waals surface area contributed by atoms with Crippen molar-refractivity contribution in [3.63, 3.8) is 0 Å². The molecule has 1 saturated heterocycles. The topological polar surface area (TPSA) is 46.2 Å². The SMILES string of the molecule is O=C1NC(=O)C2(I)C=CC(I)=CC12. The van der Waals surface area contributed by atoms with Crippen molar-refractivity contribution in [2.75, 3.05) is 0 Å². The number of alkyl halides is 1. The van der Waals surface area contributed by atoms with E-state index in [9.17, 15) is 9.59 Å². The number of hydrogen-bond donors (Lipinski definition) is 1. The molecule has 13 heavy (non-hydrogen) atoms. The predicted molar refractivity (Wildman–Crippen MR) is 64.6 cm³/mol. The van der Waals surface area contributed by atoms with Gasteiger partial charge in [0.1, 0.15) is 3.42 Å². The van der Waals surface area contributed by atoms with Crippen molar-refractivity contribution in [1.29, 1.82) is 0 Å². The summed E-state index contributed by atoms with van der Waals surface area (Å²) in [5.41, 5.74) is 0. The maximum atomic E-state index is 11.4. The molecule has 1 aliphatic heterocycles. The summed E-state index contributed by atoms with van der Waals surface area (Å²) in [7, 11) is 0. The molecule has 0 saturated carbocycles. The lowest BCUT2D eigenvalue weighted by Crippen LogP contribution is -2.34. The lowest BCUT2D eigenvalue weighted by molar-refractivity contribution is -0.125. The van der Waals surface area contributed by atoms with Crippen molar-refractivity contribution in [2.45, 2.75) is 3.42 Å². The monoisotopic (exact) mass is 401 g/mol. The number of rotatable bonds is 0. The van der Waals surface area contributed by atoms with Gasteiger partial charge in [0.2, 0.25) is 11.8 Å². The van der Waals surface area contributed by atoms with Gasteiger partial charge in [0.05, 0.1) is 5.92 Å². The summed E-state index contributed by atoms with van der Waals surface area (Å²) >= 11 is 4.16. The second-order valence-electron chi connectivity index (χ2n) is 2.95. The number of imide groups is 1. The summed E-state index contributed by atoms with van der Waals surface area (Å²) in [6.45, 7) is 0. The Morgan fingerprint density at radius 3 is 2.85 bits per heavy atom. The Labute approximate surface area is 102 Å². The molecule has 0 aromatic carbocycles. The molecule has 68 valence electrons. The van der Waals surface area contributed by atoms with Crippen LogP contribution >= 0.6 is 45.2 Å². The van der Waals surface area contributed by atoms with Crippen LogP contribution in [0, 0.1) is 5.92 Å². The average Bonchev–Trinajstić information content (AvgIpc) is 2.28. The van der Waals surface area contributed by atoms with Crippen LogP contribution in [-0.4, -0.2) is 15.2 Å². The smallest absolute Gasteiger partial charge is 0.247 e. The molecule has 2 rings (SSSR count). The predicted octanol–water partition coefficient (Wildman–Crippen LogP) is 1.32. The zero-order chi connectivity index (χ0) is 9.64. The van der Waals surface area contributed by atoms with Crippen LogP contribution in [0.1, 0.15) is 0 Å². The van der Waals surface area contributed by atoms with Gasteiger partial charge >= 0.3 is 0 Å². The third-order valence-corrected chi connectivity index (χ3v) is 4.37. The highest BCUT2D eigenvalue weighted by atomic mass is 127. The summed E-state index contributed by atoms with van der Waals surface area (Å²) in [6, 6.07) is 0. The molecule has 5 heteroatoms. The Morgan fingerprint density at radius 2 is 2.15 bits per heavy atom. The highest BCUT2D eigenvalue weighted by Gasteiger charge is 2.52. The van der Waals surface area contributed by atoms with Gasteiger partial charge in [-0.25, -0.2) is 0 Å². The van der Waals surface area contributed by atoms with Gasteiger partial charge in [-0.3, -0.25) is 14.9 Å². The van der Waals surface area contributed by atoms with Crippen molar-refractivity contribution >= 4 is 57.0 Å².